The molecule has 0 spiro atoms. The second-order valence-corrected chi connectivity index (χ2v) is 5.24. The highest BCUT2D eigenvalue weighted by Crippen LogP contribution is 2.33. The summed E-state index contributed by atoms with van der Waals surface area (Å²) in [5.74, 6) is 1.60. The summed E-state index contributed by atoms with van der Waals surface area (Å²) in [7, 11) is 0. The Morgan fingerprint density at radius 1 is 1.19 bits per heavy atom. The standard InChI is InChI=1S/C16H16N4O/c1-11-5-4-8-15-18-16(19-20(11)15)17-13-9-10-21-14-7-3-2-6-12(13)14/h2-8,13H,9-10H2,1H3,(H,17,19). The van der Waals surface area contributed by atoms with Crippen LogP contribution in [0.15, 0.2) is 42.5 Å². The van der Waals surface area contributed by atoms with E-state index in [-0.39, 0.29) is 6.04 Å². The van der Waals surface area contributed by atoms with Gasteiger partial charge in [-0.25, -0.2) is 4.52 Å². The molecule has 0 saturated carbocycles. The van der Waals surface area contributed by atoms with Gasteiger partial charge in [0.2, 0.25) is 5.95 Å². The molecule has 5 nitrogen and oxygen atoms in total. The number of ether oxygens (including phenoxy) is 1. The van der Waals surface area contributed by atoms with Gasteiger partial charge in [0.15, 0.2) is 5.65 Å². The zero-order valence-corrected chi connectivity index (χ0v) is 11.8. The van der Waals surface area contributed by atoms with Gasteiger partial charge in [-0.05, 0) is 25.1 Å². The van der Waals surface area contributed by atoms with Crippen LogP contribution in [0.25, 0.3) is 5.65 Å². The molecule has 1 aliphatic heterocycles. The van der Waals surface area contributed by atoms with E-state index in [2.05, 4.69) is 21.5 Å². The van der Waals surface area contributed by atoms with Crippen LogP contribution in [0, 0.1) is 6.92 Å². The maximum Gasteiger partial charge on any atom is 0.243 e. The highest BCUT2D eigenvalue weighted by atomic mass is 16.5. The molecule has 2 aromatic heterocycles. The van der Waals surface area contributed by atoms with Crippen LogP contribution in [-0.2, 0) is 0 Å². The van der Waals surface area contributed by atoms with Crippen LogP contribution in [0.1, 0.15) is 23.7 Å². The first-order valence-electron chi connectivity index (χ1n) is 7.12. The smallest absolute Gasteiger partial charge is 0.243 e. The van der Waals surface area contributed by atoms with Crippen molar-refractivity contribution in [1.29, 1.82) is 0 Å². The lowest BCUT2D eigenvalue weighted by atomic mass is 10.0. The van der Waals surface area contributed by atoms with Crippen LogP contribution in [-0.4, -0.2) is 21.2 Å². The lowest BCUT2D eigenvalue weighted by Crippen LogP contribution is -2.20. The molecule has 0 amide bonds. The number of anilines is 1. The van der Waals surface area contributed by atoms with E-state index in [1.165, 1.54) is 5.56 Å². The quantitative estimate of drug-likeness (QED) is 0.784. The number of pyridine rings is 1. The third-order valence-corrected chi connectivity index (χ3v) is 3.81. The second-order valence-electron chi connectivity index (χ2n) is 5.24. The molecule has 5 heteroatoms. The minimum absolute atomic E-state index is 0.188. The van der Waals surface area contributed by atoms with E-state index < -0.39 is 0 Å². The minimum atomic E-state index is 0.188. The maximum absolute atomic E-state index is 5.68. The van der Waals surface area contributed by atoms with E-state index >= 15 is 0 Å². The highest BCUT2D eigenvalue weighted by molar-refractivity contribution is 5.47. The number of fused-ring (bicyclic) bond motifs is 2. The van der Waals surface area contributed by atoms with Crippen LogP contribution in [0.2, 0.25) is 0 Å². The van der Waals surface area contributed by atoms with Crippen LogP contribution < -0.4 is 10.1 Å². The maximum atomic E-state index is 5.68. The fraction of sp³-hybridized carbons (Fsp3) is 0.250. The van der Waals surface area contributed by atoms with Crippen molar-refractivity contribution in [1.82, 2.24) is 14.6 Å². The fourth-order valence-corrected chi connectivity index (χ4v) is 2.74. The third kappa shape index (κ3) is 2.11. The summed E-state index contributed by atoms with van der Waals surface area (Å²) in [4.78, 5) is 4.54. The molecule has 0 bridgehead atoms. The van der Waals surface area contributed by atoms with E-state index in [1.54, 1.807) is 0 Å². The van der Waals surface area contributed by atoms with E-state index in [1.807, 2.05) is 47.8 Å². The van der Waals surface area contributed by atoms with Crippen molar-refractivity contribution in [3.05, 3.63) is 53.7 Å². The average Bonchev–Trinajstić information content (AvgIpc) is 2.92. The molecule has 1 aromatic carbocycles. The number of hydrogen-bond donors (Lipinski definition) is 1. The Morgan fingerprint density at radius 3 is 3.00 bits per heavy atom. The Balaban J connectivity index is 1.68. The number of nitrogens with one attached hydrogen (secondary N) is 1. The molecule has 1 aliphatic rings. The zero-order chi connectivity index (χ0) is 14.2. The number of rotatable bonds is 2. The highest BCUT2D eigenvalue weighted by Gasteiger charge is 2.22. The van der Waals surface area contributed by atoms with E-state index in [4.69, 9.17) is 4.74 Å². The molecule has 106 valence electrons. The van der Waals surface area contributed by atoms with Gasteiger partial charge in [0, 0.05) is 17.7 Å². The SMILES string of the molecule is Cc1cccc2nc(NC3CCOc4ccccc43)nn12. The van der Waals surface area contributed by atoms with Crippen molar-refractivity contribution in [3.63, 3.8) is 0 Å². The van der Waals surface area contributed by atoms with Crippen molar-refractivity contribution < 1.29 is 4.74 Å². The first kappa shape index (κ1) is 12.2. The van der Waals surface area contributed by atoms with Crippen molar-refractivity contribution in [2.45, 2.75) is 19.4 Å². The van der Waals surface area contributed by atoms with E-state index in [0.717, 1.165) is 23.5 Å². The molecule has 0 fully saturated rings. The van der Waals surface area contributed by atoms with E-state index in [0.29, 0.717) is 12.6 Å². The number of benzene rings is 1. The molecule has 3 aromatic rings. The molecule has 21 heavy (non-hydrogen) atoms. The van der Waals surface area contributed by atoms with Crippen LogP contribution in [0.4, 0.5) is 5.95 Å². The Labute approximate surface area is 122 Å². The summed E-state index contributed by atoms with van der Waals surface area (Å²) < 4.78 is 7.54. The largest absolute Gasteiger partial charge is 0.493 e. The summed E-state index contributed by atoms with van der Waals surface area (Å²) >= 11 is 0. The van der Waals surface area contributed by atoms with Gasteiger partial charge in [0.05, 0.1) is 12.6 Å². The van der Waals surface area contributed by atoms with Gasteiger partial charge in [0.1, 0.15) is 5.75 Å². The zero-order valence-electron chi connectivity index (χ0n) is 11.8. The number of hydrogen-bond acceptors (Lipinski definition) is 4. The molecule has 1 unspecified atom stereocenters. The van der Waals surface area contributed by atoms with Gasteiger partial charge in [-0.3, -0.25) is 0 Å². The molecular formula is C16H16N4O. The Bertz CT molecular complexity index is 796. The van der Waals surface area contributed by atoms with Crippen molar-refractivity contribution >= 4 is 11.6 Å². The van der Waals surface area contributed by atoms with Gasteiger partial charge < -0.3 is 10.1 Å². The van der Waals surface area contributed by atoms with Crippen LogP contribution >= 0.6 is 0 Å². The summed E-state index contributed by atoms with van der Waals surface area (Å²) in [6, 6.07) is 14.3. The van der Waals surface area contributed by atoms with Gasteiger partial charge in [-0.2, -0.15) is 4.98 Å². The number of aromatic nitrogens is 3. The fourth-order valence-electron chi connectivity index (χ4n) is 2.74. The Kier molecular flexibility index (Phi) is 2.77. The van der Waals surface area contributed by atoms with Crippen molar-refractivity contribution in [2.24, 2.45) is 0 Å². The minimum Gasteiger partial charge on any atom is -0.493 e. The van der Waals surface area contributed by atoms with Gasteiger partial charge in [0.25, 0.3) is 0 Å². The molecule has 0 radical (unpaired) electrons. The van der Waals surface area contributed by atoms with Gasteiger partial charge >= 0.3 is 0 Å². The van der Waals surface area contributed by atoms with Gasteiger partial charge in [-0.15, -0.1) is 5.10 Å². The first-order chi connectivity index (χ1) is 10.3. The van der Waals surface area contributed by atoms with Crippen LogP contribution in [0.3, 0.4) is 0 Å². The predicted octanol–water partition coefficient (Wildman–Crippen LogP) is 2.97. The van der Waals surface area contributed by atoms with E-state index in [9.17, 15) is 0 Å². The lowest BCUT2D eigenvalue weighted by Gasteiger charge is -2.26. The number of nitrogens with zero attached hydrogens (tertiary/aromatic N) is 3. The predicted molar refractivity (Wildman–Crippen MR) is 80.6 cm³/mol. The second kappa shape index (κ2) is 4.77. The van der Waals surface area contributed by atoms with Crippen molar-refractivity contribution in [3.8, 4) is 5.75 Å². The first-order valence-corrected chi connectivity index (χ1v) is 7.12. The molecule has 1 N–H and O–H groups in total. The summed E-state index contributed by atoms with van der Waals surface area (Å²) in [6.45, 7) is 2.73. The third-order valence-electron chi connectivity index (χ3n) is 3.81. The Hall–Kier alpha value is -2.56. The van der Waals surface area contributed by atoms with Gasteiger partial charge in [-0.1, -0.05) is 24.3 Å². The molecule has 1 atom stereocenters. The monoisotopic (exact) mass is 280 g/mol. The topological polar surface area (TPSA) is 51.5 Å². The average molecular weight is 280 g/mol. The summed E-state index contributed by atoms with van der Waals surface area (Å²) in [5.41, 5.74) is 3.10. The summed E-state index contributed by atoms with van der Waals surface area (Å²) in [6.07, 6.45) is 0.908. The lowest BCUT2D eigenvalue weighted by molar-refractivity contribution is 0.274. The molecule has 3 heterocycles. The molecular weight excluding hydrogens is 264 g/mol. The van der Waals surface area contributed by atoms with Crippen molar-refractivity contribution in [2.75, 3.05) is 11.9 Å². The molecule has 0 saturated heterocycles. The number of aryl methyl sites for hydroxylation is 1. The normalized spacial score (nSPS) is 17.3. The molecule has 4 rings (SSSR count). The summed E-state index contributed by atoms with van der Waals surface area (Å²) in [5, 5.41) is 7.96. The number of para-hydroxylation sites is 1. The Morgan fingerprint density at radius 2 is 2.10 bits per heavy atom. The van der Waals surface area contributed by atoms with Crippen LogP contribution in [0.5, 0.6) is 5.75 Å². The molecule has 0 aliphatic carbocycles.